The first-order valence-corrected chi connectivity index (χ1v) is 8.66. The van der Waals surface area contributed by atoms with Crippen molar-refractivity contribution in [3.05, 3.63) is 46.3 Å². The zero-order valence-electron chi connectivity index (χ0n) is 13.7. The molecule has 0 aromatic carbocycles. The summed E-state index contributed by atoms with van der Waals surface area (Å²) in [5, 5.41) is 3.56. The summed E-state index contributed by atoms with van der Waals surface area (Å²) in [5.74, 6) is 0.726. The van der Waals surface area contributed by atoms with Crippen LogP contribution >= 0.6 is 23.2 Å². The van der Waals surface area contributed by atoms with Gasteiger partial charge in [0.25, 0.3) is 0 Å². The second kappa shape index (κ2) is 7.99. The number of aromatic nitrogens is 2. The van der Waals surface area contributed by atoms with E-state index in [9.17, 15) is 4.79 Å². The number of amides is 1. The van der Waals surface area contributed by atoms with Crippen LogP contribution in [-0.4, -0.2) is 47.0 Å². The number of nitrogens with zero attached hydrogens (tertiary/aromatic N) is 3. The molecule has 8 heteroatoms. The molecule has 2 aromatic heterocycles. The molecule has 0 saturated carbocycles. The number of carbonyl (C=O) groups is 1. The van der Waals surface area contributed by atoms with Gasteiger partial charge >= 0.3 is 0 Å². The molecule has 1 amide bonds. The van der Waals surface area contributed by atoms with E-state index in [-0.39, 0.29) is 18.4 Å². The van der Waals surface area contributed by atoms with Crippen molar-refractivity contribution >= 4 is 34.9 Å². The Kier molecular flexibility index (Phi) is 5.73. The zero-order chi connectivity index (χ0) is 17.8. The van der Waals surface area contributed by atoms with Crippen LogP contribution in [-0.2, 0) is 11.2 Å². The van der Waals surface area contributed by atoms with Crippen LogP contribution in [0.25, 0.3) is 0 Å². The van der Waals surface area contributed by atoms with Crippen molar-refractivity contribution < 1.29 is 9.53 Å². The summed E-state index contributed by atoms with van der Waals surface area (Å²) in [6, 6.07) is 5.06. The molecule has 3 rings (SSSR count). The van der Waals surface area contributed by atoms with E-state index in [1.807, 2.05) is 0 Å². The van der Waals surface area contributed by atoms with Gasteiger partial charge in [0, 0.05) is 25.4 Å². The molecular weight excluding hydrogens is 363 g/mol. The molecule has 0 unspecified atom stereocenters. The molecule has 1 aliphatic heterocycles. The van der Waals surface area contributed by atoms with Crippen molar-refractivity contribution in [1.29, 1.82) is 0 Å². The van der Waals surface area contributed by atoms with E-state index in [1.165, 1.54) is 6.20 Å². The number of halogens is 2. The smallest absolute Gasteiger partial charge is 0.230 e. The minimum atomic E-state index is -0.203. The van der Waals surface area contributed by atoms with Gasteiger partial charge in [-0.25, -0.2) is 9.97 Å². The van der Waals surface area contributed by atoms with E-state index >= 15 is 0 Å². The van der Waals surface area contributed by atoms with E-state index in [0.717, 1.165) is 25.1 Å². The van der Waals surface area contributed by atoms with Gasteiger partial charge in [-0.05, 0) is 25.1 Å². The van der Waals surface area contributed by atoms with E-state index in [4.69, 9.17) is 27.9 Å². The summed E-state index contributed by atoms with van der Waals surface area (Å²) in [7, 11) is 2.05. The van der Waals surface area contributed by atoms with Crippen molar-refractivity contribution in [1.82, 2.24) is 14.9 Å². The standard InChI is InChI=1S/C17H18Cl2N4O2/c1-23-5-4-12(10-23)25-14-7-16(21-9-13(14)18)22-17(24)6-11-2-3-15(19)20-8-11/h2-3,7-9,12H,4-6,10H2,1H3,(H,21,22,24)/t12-/m0/s1. The predicted molar refractivity (Wildman–Crippen MR) is 97.4 cm³/mol. The van der Waals surface area contributed by atoms with Crippen molar-refractivity contribution in [2.24, 2.45) is 0 Å². The van der Waals surface area contributed by atoms with Gasteiger partial charge in [0.15, 0.2) is 0 Å². The maximum absolute atomic E-state index is 12.2. The van der Waals surface area contributed by atoms with Crippen molar-refractivity contribution in [2.45, 2.75) is 18.9 Å². The third-order valence-electron chi connectivity index (χ3n) is 3.88. The molecule has 1 atom stereocenters. The molecule has 2 aromatic rings. The highest BCUT2D eigenvalue weighted by Gasteiger charge is 2.22. The fraction of sp³-hybridized carbons (Fsp3) is 0.353. The Morgan fingerprint density at radius 3 is 2.88 bits per heavy atom. The topological polar surface area (TPSA) is 67.3 Å². The van der Waals surface area contributed by atoms with Gasteiger partial charge in [0.05, 0.1) is 12.6 Å². The van der Waals surface area contributed by atoms with Crippen LogP contribution in [0.2, 0.25) is 10.2 Å². The molecule has 6 nitrogen and oxygen atoms in total. The minimum absolute atomic E-state index is 0.0913. The summed E-state index contributed by atoms with van der Waals surface area (Å²) < 4.78 is 5.94. The number of pyridine rings is 2. The summed E-state index contributed by atoms with van der Waals surface area (Å²) in [5.41, 5.74) is 0.765. The second-order valence-electron chi connectivity index (χ2n) is 6.00. The number of nitrogens with one attached hydrogen (secondary N) is 1. The van der Waals surface area contributed by atoms with Crippen LogP contribution in [0.15, 0.2) is 30.6 Å². The van der Waals surface area contributed by atoms with Crippen LogP contribution < -0.4 is 10.1 Å². The fourth-order valence-electron chi connectivity index (χ4n) is 2.63. The van der Waals surface area contributed by atoms with Crippen LogP contribution in [0.1, 0.15) is 12.0 Å². The number of carbonyl (C=O) groups excluding carboxylic acids is 1. The number of ether oxygens (including phenoxy) is 1. The lowest BCUT2D eigenvalue weighted by molar-refractivity contribution is -0.115. The fourth-order valence-corrected chi connectivity index (χ4v) is 2.89. The number of hydrogen-bond donors (Lipinski definition) is 1. The molecule has 0 bridgehead atoms. The number of likely N-dealkylation sites (tertiary alicyclic amines) is 1. The lowest BCUT2D eigenvalue weighted by atomic mass is 10.2. The predicted octanol–water partition coefficient (Wildman–Crippen LogP) is 3.05. The van der Waals surface area contributed by atoms with Gasteiger partial charge in [-0.1, -0.05) is 29.3 Å². The second-order valence-corrected chi connectivity index (χ2v) is 6.80. The van der Waals surface area contributed by atoms with Crippen LogP contribution in [0.3, 0.4) is 0 Å². The first-order valence-electron chi connectivity index (χ1n) is 7.90. The van der Waals surface area contributed by atoms with Gasteiger partial charge in [0.2, 0.25) is 5.91 Å². The highest BCUT2D eigenvalue weighted by molar-refractivity contribution is 6.32. The summed E-state index contributed by atoms with van der Waals surface area (Å²) >= 11 is 11.9. The Morgan fingerprint density at radius 2 is 2.20 bits per heavy atom. The van der Waals surface area contributed by atoms with Crippen LogP contribution in [0.5, 0.6) is 5.75 Å². The zero-order valence-corrected chi connectivity index (χ0v) is 15.2. The first kappa shape index (κ1) is 17.9. The average molecular weight is 381 g/mol. The quantitative estimate of drug-likeness (QED) is 0.807. The number of rotatable bonds is 5. The Bertz CT molecular complexity index is 755. The minimum Gasteiger partial charge on any atom is -0.487 e. The Morgan fingerprint density at radius 1 is 1.36 bits per heavy atom. The van der Waals surface area contributed by atoms with E-state index in [2.05, 4.69) is 27.2 Å². The lowest BCUT2D eigenvalue weighted by Crippen LogP contribution is -2.21. The van der Waals surface area contributed by atoms with Crippen LogP contribution in [0.4, 0.5) is 5.82 Å². The number of anilines is 1. The van der Waals surface area contributed by atoms with E-state index in [1.54, 1.807) is 24.4 Å². The molecule has 1 saturated heterocycles. The van der Waals surface area contributed by atoms with Crippen molar-refractivity contribution in [2.75, 3.05) is 25.5 Å². The molecule has 0 aliphatic carbocycles. The third-order valence-corrected chi connectivity index (χ3v) is 4.39. The van der Waals surface area contributed by atoms with Gasteiger partial charge in [-0.15, -0.1) is 0 Å². The monoisotopic (exact) mass is 380 g/mol. The molecule has 0 spiro atoms. The lowest BCUT2D eigenvalue weighted by Gasteiger charge is -2.15. The maximum atomic E-state index is 12.2. The largest absolute Gasteiger partial charge is 0.487 e. The molecular formula is C17H18Cl2N4O2. The number of hydrogen-bond acceptors (Lipinski definition) is 5. The summed E-state index contributed by atoms with van der Waals surface area (Å²) in [6.45, 7) is 1.84. The van der Waals surface area contributed by atoms with Gasteiger partial charge in [-0.3, -0.25) is 4.79 Å². The normalized spacial score (nSPS) is 17.5. The molecule has 3 heterocycles. The van der Waals surface area contributed by atoms with Crippen LogP contribution in [0, 0.1) is 0 Å². The summed E-state index contributed by atoms with van der Waals surface area (Å²) in [4.78, 5) is 22.4. The Hall–Kier alpha value is -1.89. The van der Waals surface area contributed by atoms with Crippen molar-refractivity contribution in [3.63, 3.8) is 0 Å². The molecule has 1 N–H and O–H groups in total. The molecule has 1 fully saturated rings. The molecule has 132 valence electrons. The Balaban J connectivity index is 1.63. The van der Waals surface area contributed by atoms with Gasteiger partial charge in [0.1, 0.15) is 27.8 Å². The van der Waals surface area contributed by atoms with E-state index in [0.29, 0.717) is 21.7 Å². The van der Waals surface area contributed by atoms with Crippen molar-refractivity contribution in [3.8, 4) is 5.75 Å². The Labute approximate surface area is 156 Å². The highest BCUT2D eigenvalue weighted by Crippen LogP contribution is 2.28. The maximum Gasteiger partial charge on any atom is 0.230 e. The van der Waals surface area contributed by atoms with E-state index < -0.39 is 0 Å². The van der Waals surface area contributed by atoms with Gasteiger partial charge < -0.3 is 15.0 Å². The SMILES string of the molecule is CN1CC[C@H](Oc2cc(NC(=O)Cc3ccc(Cl)nc3)ncc2Cl)C1. The summed E-state index contributed by atoms with van der Waals surface area (Å²) in [6.07, 6.45) is 4.27. The molecule has 25 heavy (non-hydrogen) atoms. The molecule has 1 aliphatic rings. The molecule has 0 radical (unpaired) electrons. The average Bonchev–Trinajstić information content (AvgIpc) is 2.98. The third kappa shape index (κ3) is 5.04. The number of likely N-dealkylation sites (N-methyl/N-ethyl adjacent to an activating group) is 1. The first-order chi connectivity index (χ1) is 12.0. The van der Waals surface area contributed by atoms with Gasteiger partial charge in [-0.2, -0.15) is 0 Å². The highest BCUT2D eigenvalue weighted by atomic mass is 35.5.